The Morgan fingerprint density at radius 3 is 2.87 bits per heavy atom. The number of hydrogen-bond donors (Lipinski definition) is 2. The molecule has 23 heavy (non-hydrogen) atoms. The van der Waals surface area contributed by atoms with E-state index >= 15 is 0 Å². The Balaban J connectivity index is 1.89. The quantitative estimate of drug-likeness (QED) is 0.350. The second-order valence-electron chi connectivity index (χ2n) is 4.72. The molecule has 120 valence electrons. The minimum absolute atomic E-state index is 0.128. The highest BCUT2D eigenvalue weighted by atomic mass is 127. The third kappa shape index (κ3) is 5.65. The van der Waals surface area contributed by atoms with Gasteiger partial charge in [-0.3, -0.25) is 4.79 Å². The summed E-state index contributed by atoms with van der Waals surface area (Å²) in [6.07, 6.45) is 1.41. The van der Waals surface area contributed by atoms with E-state index in [1.165, 1.54) is 6.21 Å². The number of halogens is 2. The fourth-order valence-electron chi connectivity index (χ4n) is 1.74. The van der Waals surface area contributed by atoms with E-state index < -0.39 is 0 Å². The Kier molecular flexibility index (Phi) is 6.63. The van der Waals surface area contributed by atoms with E-state index in [0.717, 1.165) is 12.7 Å². The number of amides is 1. The number of nitrogens with one attached hydrogen (secondary N) is 1. The molecule has 0 atom stereocenters. The van der Waals surface area contributed by atoms with Gasteiger partial charge in [0.15, 0.2) is 6.61 Å². The predicted octanol–water partition coefficient (Wildman–Crippen LogP) is 3.44. The minimum Gasteiger partial charge on any atom is -0.506 e. The van der Waals surface area contributed by atoms with Crippen molar-refractivity contribution in [3.8, 4) is 11.5 Å². The maximum atomic E-state index is 11.7. The zero-order valence-electron chi connectivity index (χ0n) is 12.2. The van der Waals surface area contributed by atoms with Gasteiger partial charge >= 0.3 is 0 Å². The molecular formula is C16H14I2N2O3. The summed E-state index contributed by atoms with van der Waals surface area (Å²) in [7, 11) is 0. The lowest BCUT2D eigenvalue weighted by Gasteiger charge is -2.06. The Morgan fingerprint density at radius 2 is 2.13 bits per heavy atom. The fourth-order valence-corrected chi connectivity index (χ4v) is 3.63. The molecule has 0 aromatic heterocycles. The van der Waals surface area contributed by atoms with E-state index in [9.17, 15) is 9.90 Å². The van der Waals surface area contributed by atoms with E-state index in [2.05, 4.69) is 33.1 Å². The first-order chi connectivity index (χ1) is 11.0. The lowest BCUT2D eigenvalue weighted by atomic mass is 10.2. The van der Waals surface area contributed by atoms with Crippen molar-refractivity contribution in [2.24, 2.45) is 5.10 Å². The number of hydrazone groups is 1. The summed E-state index contributed by atoms with van der Waals surface area (Å²) in [6, 6.07) is 11.1. The summed E-state index contributed by atoms with van der Waals surface area (Å²) >= 11 is 4.19. The second-order valence-corrected chi connectivity index (χ2v) is 7.13. The van der Waals surface area contributed by atoms with Crippen LogP contribution in [0.1, 0.15) is 11.1 Å². The molecule has 0 heterocycles. The average molecular weight is 536 g/mol. The van der Waals surface area contributed by atoms with Crippen molar-refractivity contribution in [3.05, 3.63) is 54.7 Å². The van der Waals surface area contributed by atoms with E-state index in [-0.39, 0.29) is 18.3 Å². The highest BCUT2D eigenvalue weighted by molar-refractivity contribution is 14.1. The Labute approximate surface area is 161 Å². The molecule has 2 aromatic carbocycles. The number of aromatic hydroxyl groups is 1. The first-order valence-electron chi connectivity index (χ1n) is 6.65. The molecule has 7 heteroatoms. The number of hydrogen-bond acceptors (Lipinski definition) is 4. The van der Waals surface area contributed by atoms with Gasteiger partial charge in [-0.05, 0) is 81.9 Å². The minimum atomic E-state index is -0.373. The van der Waals surface area contributed by atoms with Gasteiger partial charge in [0.2, 0.25) is 0 Å². The number of rotatable bonds is 5. The summed E-state index contributed by atoms with van der Waals surface area (Å²) in [6.45, 7) is 1.82. The maximum absolute atomic E-state index is 11.7. The third-order valence-corrected chi connectivity index (χ3v) is 4.26. The number of aryl methyl sites for hydroxylation is 1. The normalized spacial score (nSPS) is 10.7. The molecule has 0 aliphatic carbocycles. The number of ether oxygens (including phenoxy) is 1. The van der Waals surface area contributed by atoms with Gasteiger partial charge in [-0.25, -0.2) is 5.43 Å². The van der Waals surface area contributed by atoms with Crippen LogP contribution in [0.3, 0.4) is 0 Å². The van der Waals surface area contributed by atoms with Crippen LogP contribution in [0, 0.1) is 14.1 Å². The van der Waals surface area contributed by atoms with Crippen LogP contribution in [0.15, 0.2) is 41.5 Å². The van der Waals surface area contributed by atoms with Gasteiger partial charge in [-0.15, -0.1) is 0 Å². The van der Waals surface area contributed by atoms with E-state index in [1.54, 1.807) is 12.1 Å². The molecule has 2 N–H and O–H groups in total. The van der Waals surface area contributed by atoms with Gasteiger partial charge in [0, 0.05) is 9.13 Å². The van der Waals surface area contributed by atoms with Crippen molar-refractivity contribution in [2.75, 3.05) is 6.61 Å². The summed E-state index contributed by atoms with van der Waals surface area (Å²) in [5.74, 6) is 0.400. The number of benzene rings is 2. The smallest absolute Gasteiger partial charge is 0.277 e. The molecule has 0 fully saturated rings. The number of carbonyl (C=O) groups excluding carboxylic acids is 1. The summed E-state index contributed by atoms with van der Waals surface area (Å²) in [5, 5.41) is 13.8. The summed E-state index contributed by atoms with van der Waals surface area (Å²) in [4.78, 5) is 11.7. The fraction of sp³-hybridized carbons (Fsp3) is 0.125. The number of phenols is 1. The van der Waals surface area contributed by atoms with Crippen LogP contribution >= 0.6 is 45.2 Å². The molecule has 0 radical (unpaired) electrons. The van der Waals surface area contributed by atoms with Crippen LogP contribution in [-0.2, 0) is 4.79 Å². The topological polar surface area (TPSA) is 70.9 Å². The van der Waals surface area contributed by atoms with E-state index in [1.807, 2.05) is 53.8 Å². The van der Waals surface area contributed by atoms with Crippen LogP contribution < -0.4 is 10.2 Å². The van der Waals surface area contributed by atoms with Gasteiger partial charge in [-0.1, -0.05) is 12.1 Å². The molecule has 0 aliphatic heterocycles. The predicted molar refractivity (Wildman–Crippen MR) is 106 cm³/mol. The van der Waals surface area contributed by atoms with E-state index in [0.29, 0.717) is 11.3 Å². The van der Waals surface area contributed by atoms with Crippen molar-refractivity contribution in [3.63, 3.8) is 0 Å². The molecule has 0 bridgehead atoms. The monoisotopic (exact) mass is 536 g/mol. The van der Waals surface area contributed by atoms with Crippen LogP contribution in [0.4, 0.5) is 0 Å². The van der Waals surface area contributed by atoms with Gasteiger partial charge < -0.3 is 9.84 Å². The van der Waals surface area contributed by atoms with Gasteiger partial charge in [0.05, 0.1) is 9.78 Å². The average Bonchev–Trinajstić information content (AvgIpc) is 2.50. The molecule has 0 saturated carbocycles. The molecule has 5 nitrogen and oxygen atoms in total. The zero-order valence-corrected chi connectivity index (χ0v) is 16.5. The highest BCUT2D eigenvalue weighted by Crippen LogP contribution is 2.25. The van der Waals surface area contributed by atoms with Crippen LogP contribution in [0.25, 0.3) is 0 Å². The Hall–Kier alpha value is -1.36. The molecule has 0 unspecified atom stereocenters. The largest absolute Gasteiger partial charge is 0.506 e. The SMILES string of the molecule is Cc1cccc(OCC(=O)N/N=C\c2cc(I)cc(I)c2O)c1. The Bertz CT molecular complexity index is 748. The van der Waals surface area contributed by atoms with Gasteiger partial charge in [-0.2, -0.15) is 5.10 Å². The zero-order chi connectivity index (χ0) is 16.8. The van der Waals surface area contributed by atoms with Crippen molar-refractivity contribution < 1.29 is 14.6 Å². The molecule has 0 saturated heterocycles. The third-order valence-electron chi connectivity index (χ3n) is 2.81. The van der Waals surface area contributed by atoms with Crippen molar-refractivity contribution >= 4 is 57.3 Å². The van der Waals surface area contributed by atoms with Crippen molar-refractivity contribution in [1.82, 2.24) is 5.43 Å². The lowest BCUT2D eigenvalue weighted by Crippen LogP contribution is -2.24. The molecular weight excluding hydrogens is 522 g/mol. The summed E-state index contributed by atoms with van der Waals surface area (Å²) < 4.78 is 7.08. The van der Waals surface area contributed by atoms with Gasteiger partial charge in [0.1, 0.15) is 11.5 Å². The first kappa shape index (κ1) is 18.0. The maximum Gasteiger partial charge on any atom is 0.277 e. The number of phenolic OH excluding ortho intramolecular Hbond substituents is 1. The molecule has 2 aromatic rings. The number of nitrogens with zero attached hydrogens (tertiary/aromatic N) is 1. The second kappa shape index (κ2) is 8.48. The molecule has 0 spiro atoms. The van der Waals surface area contributed by atoms with Crippen molar-refractivity contribution in [1.29, 1.82) is 0 Å². The van der Waals surface area contributed by atoms with E-state index in [4.69, 9.17) is 4.74 Å². The molecule has 1 amide bonds. The Morgan fingerprint density at radius 1 is 1.35 bits per heavy atom. The van der Waals surface area contributed by atoms with Gasteiger partial charge in [0.25, 0.3) is 5.91 Å². The standard InChI is InChI=1S/C16H14I2N2O3/c1-10-3-2-4-13(5-10)23-9-15(21)20-19-8-11-6-12(17)7-14(18)16(11)22/h2-8,22H,9H2,1H3,(H,20,21)/b19-8-. The highest BCUT2D eigenvalue weighted by Gasteiger charge is 2.06. The molecule has 0 aliphatic rings. The number of carbonyl (C=O) groups is 1. The lowest BCUT2D eigenvalue weighted by molar-refractivity contribution is -0.123. The molecule has 2 rings (SSSR count). The van der Waals surface area contributed by atoms with Crippen LogP contribution in [0.2, 0.25) is 0 Å². The van der Waals surface area contributed by atoms with Crippen LogP contribution in [-0.4, -0.2) is 23.8 Å². The first-order valence-corrected chi connectivity index (χ1v) is 8.81. The van der Waals surface area contributed by atoms with Crippen molar-refractivity contribution in [2.45, 2.75) is 6.92 Å². The summed E-state index contributed by atoms with van der Waals surface area (Å²) in [5.41, 5.74) is 3.97. The van der Waals surface area contributed by atoms with Crippen LogP contribution in [0.5, 0.6) is 11.5 Å².